The molecule has 1 unspecified atom stereocenters. The Morgan fingerprint density at radius 2 is 2.16 bits per heavy atom. The van der Waals surface area contributed by atoms with Gasteiger partial charge in [-0.1, -0.05) is 13.8 Å². The van der Waals surface area contributed by atoms with E-state index in [1.54, 1.807) is 11.4 Å². The second-order valence-corrected chi connectivity index (χ2v) is 5.75. The van der Waals surface area contributed by atoms with Crippen LogP contribution in [-0.4, -0.2) is 25.0 Å². The molecule has 0 aliphatic heterocycles. The largest absolute Gasteiger partial charge is 0.468 e. The molecule has 6 heteroatoms. The van der Waals surface area contributed by atoms with E-state index in [0.29, 0.717) is 24.4 Å². The molecular weight excluding hydrogens is 264 g/mol. The van der Waals surface area contributed by atoms with Crippen LogP contribution in [0.4, 0.5) is 0 Å². The number of rotatable bonds is 7. The smallest absolute Gasteiger partial charge is 0.322 e. The Balaban J connectivity index is 2.59. The van der Waals surface area contributed by atoms with E-state index in [9.17, 15) is 9.59 Å². The normalized spacial score (nSPS) is 12.4. The summed E-state index contributed by atoms with van der Waals surface area (Å²) in [5.74, 6) is -0.310. The van der Waals surface area contributed by atoms with Crippen molar-refractivity contribution in [3.05, 3.63) is 21.9 Å². The first-order valence-electron chi connectivity index (χ1n) is 6.12. The molecule has 106 valence electrons. The molecule has 0 fully saturated rings. The van der Waals surface area contributed by atoms with Crippen LogP contribution in [0, 0.1) is 5.92 Å². The van der Waals surface area contributed by atoms with Crippen LogP contribution in [0.5, 0.6) is 0 Å². The Labute approximate surface area is 117 Å². The van der Waals surface area contributed by atoms with Gasteiger partial charge in [-0.05, 0) is 18.4 Å². The van der Waals surface area contributed by atoms with Crippen LogP contribution in [0.3, 0.4) is 0 Å². The van der Waals surface area contributed by atoms with Crippen LogP contribution in [0.25, 0.3) is 0 Å². The molecule has 0 spiro atoms. The lowest BCUT2D eigenvalue weighted by Crippen LogP contribution is -2.38. The fourth-order valence-corrected chi connectivity index (χ4v) is 2.53. The molecule has 0 saturated heterocycles. The summed E-state index contributed by atoms with van der Waals surface area (Å²) >= 11 is 1.44. The lowest BCUT2D eigenvalue weighted by atomic mass is 10.0. The number of methoxy groups -OCH3 is 1. The maximum absolute atomic E-state index is 11.6. The zero-order valence-corrected chi connectivity index (χ0v) is 12.3. The van der Waals surface area contributed by atoms with Crippen LogP contribution in [0.2, 0.25) is 0 Å². The summed E-state index contributed by atoms with van der Waals surface area (Å²) in [6, 6.07) is 1.41. The molecule has 3 N–H and O–H groups in total. The van der Waals surface area contributed by atoms with E-state index < -0.39 is 5.91 Å². The molecule has 0 aliphatic carbocycles. The van der Waals surface area contributed by atoms with E-state index in [2.05, 4.69) is 5.32 Å². The van der Waals surface area contributed by atoms with Crippen molar-refractivity contribution >= 4 is 23.2 Å². The highest BCUT2D eigenvalue weighted by Crippen LogP contribution is 2.15. The Bertz CT molecular complexity index is 443. The van der Waals surface area contributed by atoms with Crippen LogP contribution in [-0.2, 0) is 16.1 Å². The van der Waals surface area contributed by atoms with E-state index in [4.69, 9.17) is 10.5 Å². The molecule has 1 aromatic rings. The van der Waals surface area contributed by atoms with Gasteiger partial charge in [0, 0.05) is 16.8 Å². The summed E-state index contributed by atoms with van der Waals surface area (Å²) in [7, 11) is 1.38. The first kappa shape index (κ1) is 15.7. The molecule has 1 rings (SSSR count). The minimum Gasteiger partial charge on any atom is -0.468 e. The molecule has 1 amide bonds. The zero-order chi connectivity index (χ0) is 14.4. The van der Waals surface area contributed by atoms with Crippen LogP contribution >= 0.6 is 11.3 Å². The van der Waals surface area contributed by atoms with Gasteiger partial charge in [-0.3, -0.25) is 14.9 Å². The topological polar surface area (TPSA) is 81.4 Å². The lowest BCUT2D eigenvalue weighted by molar-refractivity contribution is -0.143. The van der Waals surface area contributed by atoms with E-state index in [-0.39, 0.29) is 12.0 Å². The predicted molar refractivity (Wildman–Crippen MR) is 74.9 cm³/mol. The Morgan fingerprint density at radius 1 is 1.47 bits per heavy atom. The number of hydrogen-bond acceptors (Lipinski definition) is 5. The quantitative estimate of drug-likeness (QED) is 0.744. The Kier molecular flexibility index (Phi) is 5.98. The summed E-state index contributed by atoms with van der Waals surface area (Å²) < 4.78 is 4.77. The second kappa shape index (κ2) is 7.25. The number of esters is 1. The highest BCUT2D eigenvalue weighted by Gasteiger charge is 2.20. The van der Waals surface area contributed by atoms with Crippen molar-refractivity contribution in [3.8, 4) is 0 Å². The highest BCUT2D eigenvalue weighted by molar-refractivity contribution is 7.10. The van der Waals surface area contributed by atoms with Crippen LogP contribution in [0.1, 0.15) is 35.5 Å². The summed E-state index contributed by atoms with van der Waals surface area (Å²) in [4.78, 5) is 23.6. The fourth-order valence-electron chi connectivity index (χ4n) is 1.70. The monoisotopic (exact) mass is 284 g/mol. The number of hydrogen-bond donors (Lipinski definition) is 2. The van der Waals surface area contributed by atoms with Gasteiger partial charge in [0.05, 0.1) is 12.7 Å². The van der Waals surface area contributed by atoms with Crippen molar-refractivity contribution in [2.45, 2.75) is 32.9 Å². The average Bonchev–Trinajstić information content (AvgIpc) is 2.82. The Morgan fingerprint density at radius 3 is 2.63 bits per heavy atom. The summed E-state index contributed by atoms with van der Waals surface area (Å²) in [5.41, 5.74) is 5.69. The van der Waals surface area contributed by atoms with Gasteiger partial charge >= 0.3 is 5.97 Å². The maximum Gasteiger partial charge on any atom is 0.322 e. The summed E-state index contributed by atoms with van der Waals surface area (Å²) in [5, 5.41) is 4.87. The number of primary amides is 1. The van der Waals surface area contributed by atoms with E-state index in [0.717, 1.165) is 4.88 Å². The van der Waals surface area contributed by atoms with Gasteiger partial charge in [0.1, 0.15) is 6.04 Å². The van der Waals surface area contributed by atoms with Gasteiger partial charge in [0.15, 0.2) is 0 Å². The fraction of sp³-hybridized carbons (Fsp3) is 0.538. The average molecular weight is 284 g/mol. The van der Waals surface area contributed by atoms with Crippen LogP contribution < -0.4 is 11.1 Å². The van der Waals surface area contributed by atoms with E-state index in [1.165, 1.54) is 18.4 Å². The molecular formula is C13H20N2O3S. The highest BCUT2D eigenvalue weighted by atomic mass is 32.1. The predicted octanol–water partition coefficient (Wildman–Crippen LogP) is 1.52. The Hall–Kier alpha value is -1.40. The molecule has 0 aromatic carbocycles. The third-order valence-electron chi connectivity index (χ3n) is 2.65. The molecule has 0 radical (unpaired) electrons. The number of ether oxygens (including phenoxy) is 1. The van der Waals surface area contributed by atoms with Gasteiger partial charge < -0.3 is 10.5 Å². The number of carbonyl (C=O) groups is 2. The molecule has 0 bridgehead atoms. The van der Waals surface area contributed by atoms with Crippen molar-refractivity contribution < 1.29 is 14.3 Å². The second-order valence-electron chi connectivity index (χ2n) is 4.75. The minimum atomic E-state index is -0.436. The zero-order valence-electron chi connectivity index (χ0n) is 11.4. The number of nitrogens with one attached hydrogen (secondary N) is 1. The van der Waals surface area contributed by atoms with Crippen molar-refractivity contribution in [3.63, 3.8) is 0 Å². The van der Waals surface area contributed by atoms with Crippen molar-refractivity contribution in [2.75, 3.05) is 7.11 Å². The number of thiophene rings is 1. The van der Waals surface area contributed by atoms with Gasteiger partial charge in [-0.25, -0.2) is 0 Å². The van der Waals surface area contributed by atoms with Crippen molar-refractivity contribution in [1.82, 2.24) is 5.32 Å². The first-order chi connectivity index (χ1) is 8.93. The third-order valence-corrected chi connectivity index (χ3v) is 3.59. The first-order valence-corrected chi connectivity index (χ1v) is 7.00. The summed E-state index contributed by atoms with van der Waals surface area (Å²) in [6.45, 7) is 4.62. The lowest BCUT2D eigenvalue weighted by Gasteiger charge is -2.17. The van der Waals surface area contributed by atoms with Crippen molar-refractivity contribution in [2.24, 2.45) is 11.7 Å². The maximum atomic E-state index is 11.6. The van der Waals surface area contributed by atoms with E-state index >= 15 is 0 Å². The minimum absolute atomic E-state index is 0.264. The standard InChI is InChI=1S/C13H20N2O3S/c1-8(2)4-11(13(17)18-3)15-6-10-5-9(7-19-10)12(14)16/h5,7-8,11,15H,4,6H2,1-3H3,(H2,14,16). The van der Waals surface area contributed by atoms with Gasteiger partial charge in [-0.15, -0.1) is 11.3 Å². The molecule has 0 aliphatic rings. The number of carbonyl (C=O) groups excluding carboxylic acids is 2. The molecule has 0 saturated carbocycles. The van der Waals surface area contributed by atoms with Gasteiger partial charge in [0.25, 0.3) is 0 Å². The summed E-state index contributed by atoms with van der Waals surface area (Å²) in [6.07, 6.45) is 0.709. The molecule has 1 aromatic heterocycles. The van der Waals surface area contributed by atoms with Crippen LogP contribution in [0.15, 0.2) is 11.4 Å². The van der Waals surface area contributed by atoms with E-state index in [1.807, 2.05) is 13.8 Å². The third kappa shape index (κ3) is 5.00. The molecule has 5 nitrogen and oxygen atoms in total. The molecule has 1 atom stereocenters. The van der Waals surface area contributed by atoms with Gasteiger partial charge in [-0.2, -0.15) is 0 Å². The molecule has 19 heavy (non-hydrogen) atoms. The molecule has 1 heterocycles. The SMILES string of the molecule is COC(=O)C(CC(C)C)NCc1cc(C(N)=O)cs1. The number of nitrogens with two attached hydrogens (primary N) is 1. The van der Waals surface area contributed by atoms with Crippen molar-refractivity contribution in [1.29, 1.82) is 0 Å². The van der Waals surface area contributed by atoms with Gasteiger partial charge in [0.2, 0.25) is 5.91 Å². The number of amides is 1.